The molecule has 1 N–H and O–H groups in total. The van der Waals surface area contributed by atoms with E-state index in [0.717, 1.165) is 0 Å². The summed E-state index contributed by atoms with van der Waals surface area (Å²) in [7, 11) is 2.02. The average molecular weight is 249 g/mol. The lowest BCUT2D eigenvalue weighted by molar-refractivity contribution is 0.362. The van der Waals surface area contributed by atoms with E-state index in [4.69, 9.17) is 0 Å². The topological polar surface area (TPSA) is 29.9 Å². The van der Waals surface area contributed by atoms with Crippen molar-refractivity contribution in [3.8, 4) is 0 Å². The fourth-order valence-electron chi connectivity index (χ4n) is 3.01. The van der Waals surface area contributed by atoms with Gasteiger partial charge in [-0.1, -0.05) is 32.1 Å². The van der Waals surface area contributed by atoms with E-state index in [0.29, 0.717) is 12.1 Å². The second-order valence-electron chi connectivity index (χ2n) is 5.74. The first-order valence-electron chi connectivity index (χ1n) is 7.43. The van der Waals surface area contributed by atoms with Crippen molar-refractivity contribution in [2.45, 2.75) is 70.9 Å². The standard InChI is InChI=1S/C15H27N3/c1-12(15-11-16-18(3)13(15)2)17-14-9-7-5-4-6-8-10-14/h11-12,14,17H,4-10H2,1-3H3. The molecular formula is C15H27N3. The molecule has 1 aliphatic rings. The maximum atomic E-state index is 4.34. The highest BCUT2D eigenvalue weighted by Crippen LogP contribution is 2.22. The van der Waals surface area contributed by atoms with Gasteiger partial charge in [0.25, 0.3) is 0 Å². The Morgan fingerprint density at radius 3 is 2.39 bits per heavy atom. The molecule has 1 saturated carbocycles. The van der Waals surface area contributed by atoms with E-state index >= 15 is 0 Å². The summed E-state index contributed by atoms with van der Waals surface area (Å²) in [5, 5.41) is 8.14. The zero-order valence-corrected chi connectivity index (χ0v) is 12.1. The Kier molecular flexibility index (Phi) is 4.81. The van der Waals surface area contributed by atoms with Crippen molar-refractivity contribution in [3.63, 3.8) is 0 Å². The van der Waals surface area contributed by atoms with Crippen LogP contribution in [0.3, 0.4) is 0 Å². The lowest BCUT2D eigenvalue weighted by Crippen LogP contribution is -2.32. The summed E-state index contributed by atoms with van der Waals surface area (Å²) < 4.78 is 1.96. The first-order chi connectivity index (χ1) is 8.68. The van der Waals surface area contributed by atoms with E-state index in [1.807, 2.05) is 17.9 Å². The molecular weight excluding hydrogens is 222 g/mol. The quantitative estimate of drug-likeness (QED) is 0.888. The largest absolute Gasteiger partial charge is 0.307 e. The van der Waals surface area contributed by atoms with Gasteiger partial charge < -0.3 is 5.32 Å². The van der Waals surface area contributed by atoms with E-state index in [-0.39, 0.29) is 0 Å². The third kappa shape index (κ3) is 3.35. The smallest absolute Gasteiger partial charge is 0.0540 e. The van der Waals surface area contributed by atoms with E-state index in [1.165, 1.54) is 56.2 Å². The predicted molar refractivity (Wildman–Crippen MR) is 75.6 cm³/mol. The van der Waals surface area contributed by atoms with Gasteiger partial charge in [0.15, 0.2) is 0 Å². The van der Waals surface area contributed by atoms with Gasteiger partial charge in [-0.2, -0.15) is 5.10 Å². The molecule has 0 amide bonds. The molecule has 3 heteroatoms. The second kappa shape index (κ2) is 6.37. The third-order valence-corrected chi connectivity index (χ3v) is 4.33. The molecule has 1 fully saturated rings. The van der Waals surface area contributed by atoms with Crippen LogP contribution in [-0.4, -0.2) is 15.8 Å². The average Bonchev–Trinajstić information content (AvgIpc) is 2.63. The number of hydrogen-bond acceptors (Lipinski definition) is 2. The minimum atomic E-state index is 0.420. The summed E-state index contributed by atoms with van der Waals surface area (Å²) in [4.78, 5) is 0. The van der Waals surface area contributed by atoms with E-state index < -0.39 is 0 Å². The van der Waals surface area contributed by atoms with Crippen LogP contribution in [0.15, 0.2) is 6.20 Å². The molecule has 0 bridgehead atoms. The van der Waals surface area contributed by atoms with Crippen LogP contribution in [0.4, 0.5) is 0 Å². The van der Waals surface area contributed by atoms with Gasteiger partial charge in [-0.15, -0.1) is 0 Å². The van der Waals surface area contributed by atoms with Crippen LogP contribution >= 0.6 is 0 Å². The van der Waals surface area contributed by atoms with Crippen LogP contribution in [0, 0.1) is 6.92 Å². The minimum Gasteiger partial charge on any atom is -0.307 e. The van der Waals surface area contributed by atoms with Crippen LogP contribution in [0.25, 0.3) is 0 Å². The second-order valence-corrected chi connectivity index (χ2v) is 5.74. The van der Waals surface area contributed by atoms with Crippen molar-refractivity contribution in [2.24, 2.45) is 7.05 Å². The van der Waals surface area contributed by atoms with Crippen molar-refractivity contribution < 1.29 is 0 Å². The van der Waals surface area contributed by atoms with Crippen molar-refractivity contribution in [1.82, 2.24) is 15.1 Å². The molecule has 0 radical (unpaired) electrons. The van der Waals surface area contributed by atoms with Crippen molar-refractivity contribution in [3.05, 3.63) is 17.5 Å². The Hall–Kier alpha value is -0.830. The summed E-state index contributed by atoms with van der Waals surface area (Å²) in [6.45, 7) is 4.42. The summed E-state index contributed by atoms with van der Waals surface area (Å²) in [6, 6.07) is 1.11. The van der Waals surface area contributed by atoms with Gasteiger partial charge in [0.2, 0.25) is 0 Å². The van der Waals surface area contributed by atoms with Crippen molar-refractivity contribution >= 4 is 0 Å². The highest BCUT2D eigenvalue weighted by atomic mass is 15.3. The van der Waals surface area contributed by atoms with Crippen molar-refractivity contribution in [2.75, 3.05) is 0 Å². The molecule has 1 aliphatic carbocycles. The molecule has 0 saturated heterocycles. The zero-order chi connectivity index (χ0) is 13.0. The number of aromatic nitrogens is 2. The Balaban J connectivity index is 1.93. The fourth-order valence-corrected chi connectivity index (χ4v) is 3.01. The molecule has 1 atom stereocenters. The molecule has 2 rings (SSSR count). The Labute approximate surface area is 111 Å². The summed E-state index contributed by atoms with van der Waals surface area (Å²) in [6.07, 6.45) is 11.7. The fraction of sp³-hybridized carbons (Fsp3) is 0.800. The zero-order valence-electron chi connectivity index (χ0n) is 12.1. The van der Waals surface area contributed by atoms with Gasteiger partial charge in [-0.3, -0.25) is 4.68 Å². The third-order valence-electron chi connectivity index (χ3n) is 4.33. The minimum absolute atomic E-state index is 0.420. The Bertz CT molecular complexity index is 362. The van der Waals surface area contributed by atoms with E-state index in [2.05, 4.69) is 24.3 Å². The number of hydrogen-bond donors (Lipinski definition) is 1. The molecule has 3 nitrogen and oxygen atoms in total. The highest BCUT2D eigenvalue weighted by molar-refractivity contribution is 5.19. The number of aryl methyl sites for hydroxylation is 1. The van der Waals surface area contributed by atoms with Crippen molar-refractivity contribution in [1.29, 1.82) is 0 Å². The Morgan fingerprint density at radius 2 is 1.83 bits per heavy atom. The number of nitrogens with one attached hydrogen (secondary N) is 1. The number of rotatable bonds is 3. The maximum Gasteiger partial charge on any atom is 0.0540 e. The first kappa shape index (κ1) is 13.6. The van der Waals surface area contributed by atoms with Crippen LogP contribution in [-0.2, 0) is 7.05 Å². The van der Waals surface area contributed by atoms with Gasteiger partial charge in [-0.05, 0) is 26.7 Å². The van der Waals surface area contributed by atoms with Crippen LogP contribution < -0.4 is 5.32 Å². The highest BCUT2D eigenvalue weighted by Gasteiger charge is 2.17. The predicted octanol–water partition coefficient (Wildman–Crippen LogP) is 3.49. The monoisotopic (exact) mass is 249 g/mol. The normalized spacial score (nSPS) is 20.4. The lowest BCUT2D eigenvalue weighted by atomic mass is 9.95. The summed E-state index contributed by atoms with van der Waals surface area (Å²) >= 11 is 0. The van der Waals surface area contributed by atoms with Crippen LogP contribution in [0.1, 0.15) is 69.2 Å². The molecule has 1 aromatic heterocycles. The molecule has 102 valence electrons. The molecule has 0 aromatic carbocycles. The lowest BCUT2D eigenvalue weighted by Gasteiger charge is -2.25. The first-order valence-corrected chi connectivity index (χ1v) is 7.43. The van der Waals surface area contributed by atoms with Crippen LogP contribution in [0.5, 0.6) is 0 Å². The van der Waals surface area contributed by atoms with Gasteiger partial charge >= 0.3 is 0 Å². The molecule has 1 unspecified atom stereocenters. The molecule has 18 heavy (non-hydrogen) atoms. The molecule has 1 aromatic rings. The van der Waals surface area contributed by atoms with Gasteiger partial charge in [-0.25, -0.2) is 0 Å². The van der Waals surface area contributed by atoms with Gasteiger partial charge in [0, 0.05) is 30.4 Å². The number of nitrogens with zero attached hydrogens (tertiary/aromatic N) is 2. The van der Waals surface area contributed by atoms with E-state index in [9.17, 15) is 0 Å². The molecule has 0 spiro atoms. The maximum absolute atomic E-state index is 4.34. The molecule has 1 heterocycles. The molecule has 0 aliphatic heterocycles. The summed E-state index contributed by atoms with van der Waals surface area (Å²) in [5.41, 5.74) is 2.63. The van der Waals surface area contributed by atoms with Crippen LogP contribution in [0.2, 0.25) is 0 Å². The summed E-state index contributed by atoms with van der Waals surface area (Å²) in [5.74, 6) is 0. The van der Waals surface area contributed by atoms with Gasteiger partial charge in [0.05, 0.1) is 6.20 Å². The van der Waals surface area contributed by atoms with E-state index in [1.54, 1.807) is 0 Å². The SMILES string of the molecule is Cc1c(C(C)NC2CCCCCCC2)cnn1C. The van der Waals surface area contributed by atoms with Gasteiger partial charge in [0.1, 0.15) is 0 Å². The Morgan fingerprint density at radius 1 is 1.22 bits per heavy atom.